The third-order valence-electron chi connectivity index (χ3n) is 1.13. The number of rotatable bonds is 4. The summed E-state index contributed by atoms with van der Waals surface area (Å²) in [6, 6.07) is -0.571. The monoisotopic (exact) mass is 150 g/mol. The van der Waals surface area contributed by atoms with Gasteiger partial charge in [0.2, 0.25) is 0 Å². The lowest BCUT2D eigenvalue weighted by atomic mass is 10.3. The maximum Gasteiger partial charge on any atom is 0.166 e. The second-order valence-corrected chi connectivity index (χ2v) is 2.12. The Morgan fingerprint density at radius 3 is 2.20 bits per heavy atom. The van der Waals surface area contributed by atoms with Crippen LogP contribution in [0.25, 0.3) is 0 Å². The van der Waals surface area contributed by atoms with Crippen LogP contribution >= 0.6 is 0 Å². The van der Waals surface area contributed by atoms with E-state index >= 15 is 0 Å². The first-order valence-electron chi connectivity index (χ1n) is 3.08. The maximum atomic E-state index is 8.82. The Bertz CT molecular complexity index is 89.0. The van der Waals surface area contributed by atoms with Crippen molar-refractivity contribution >= 4 is 0 Å². The smallest absolute Gasteiger partial charge is 0.166 e. The van der Waals surface area contributed by atoms with Crippen LogP contribution in [-0.2, 0) is 0 Å². The lowest BCUT2D eigenvalue weighted by molar-refractivity contribution is -0.0730. The van der Waals surface area contributed by atoms with Gasteiger partial charge in [0.1, 0.15) is 6.23 Å². The fourth-order valence-electron chi connectivity index (χ4n) is 0.458. The van der Waals surface area contributed by atoms with Gasteiger partial charge in [0.25, 0.3) is 0 Å². The standard InChI is InChI=1S/C5H14N2O3/c1-3(5(9)10)7-4(8)2-6/h3-5,7-10H,2,6H2,1H3/t3-,4?/m1/s1. The topological polar surface area (TPSA) is 98.7 Å². The molecule has 0 aromatic carbocycles. The van der Waals surface area contributed by atoms with Crippen molar-refractivity contribution in [2.24, 2.45) is 5.73 Å². The van der Waals surface area contributed by atoms with Crippen LogP contribution in [0.3, 0.4) is 0 Å². The minimum absolute atomic E-state index is 0.0526. The SMILES string of the molecule is C[C@@H](NC(O)CN)C(O)O. The number of hydrogen-bond acceptors (Lipinski definition) is 5. The average Bonchev–Trinajstić information content (AvgIpc) is 1.87. The molecule has 0 rings (SSSR count). The molecule has 0 saturated carbocycles. The average molecular weight is 150 g/mol. The summed E-state index contributed by atoms with van der Waals surface area (Å²) in [5, 5.41) is 28.3. The lowest BCUT2D eigenvalue weighted by Crippen LogP contribution is -2.46. The molecule has 0 aliphatic rings. The summed E-state index contributed by atoms with van der Waals surface area (Å²) in [5.74, 6) is 0. The van der Waals surface area contributed by atoms with E-state index in [-0.39, 0.29) is 6.54 Å². The minimum Gasteiger partial charge on any atom is -0.377 e. The minimum atomic E-state index is -1.47. The van der Waals surface area contributed by atoms with Crippen LogP contribution < -0.4 is 11.1 Å². The van der Waals surface area contributed by atoms with E-state index < -0.39 is 18.6 Å². The quantitative estimate of drug-likeness (QED) is 0.287. The van der Waals surface area contributed by atoms with E-state index in [4.69, 9.17) is 21.1 Å². The molecule has 0 aliphatic carbocycles. The Balaban J connectivity index is 3.46. The predicted octanol–water partition coefficient (Wildman–Crippen LogP) is -2.45. The summed E-state index contributed by atoms with van der Waals surface area (Å²) in [6.45, 7) is 1.58. The molecule has 5 nitrogen and oxygen atoms in total. The summed E-state index contributed by atoms with van der Waals surface area (Å²) in [6.07, 6.45) is -2.35. The van der Waals surface area contributed by atoms with Gasteiger partial charge in [-0.15, -0.1) is 0 Å². The highest BCUT2D eigenvalue weighted by Gasteiger charge is 2.12. The molecule has 62 valence electrons. The van der Waals surface area contributed by atoms with Crippen molar-refractivity contribution in [2.45, 2.75) is 25.5 Å². The molecule has 0 radical (unpaired) electrons. The number of aliphatic hydroxyl groups is 3. The van der Waals surface area contributed by atoms with Gasteiger partial charge in [-0.25, -0.2) is 0 Å². The number of nitrogens with one attached hydrogen (secondary N) is 1. The molecule has 0 heterocycles. The third-order valence-corrected chi connectivity index (χ3v) is 1.13. The summed E-state index contributed by atoms with van der Waals surface area (Å²) >= 11 is 0. The Kier molecular flexibility index (Phi) is 4.50. The van der Waals surface area contributed by atoms with Gasteiger partial charge < -0.3 is 21.1 Å². The first-order chi connectivity index (χ1) is 4.57. The van der Waals surface area contributed by atoms with Crippen LogP contribution in [0.1, 0.15) is 6.92 Å². The molecule has 0 spiro atoms. The van der Waals surface area contributed by atoms with Gasteiger partial charge in [0.15, 0.2) is 6.29 Å². The molecule has 1 unspecified atom stereocenters. The van der Waals surface area contributed by atoms with Gasteiger partial charge in [-0.3, -0.25) is 5.32 Å². The first-order valence-corrected chi connectivity index (χ1v) is 3.08. The van der Waals surface area contributed by atoms with Crippen molar-refractivity contribution in [3.05, 3.63) is 0 Å². The van der Waals surface area contributed by atoms with E-state index in [0.717, 1.165) is 0 Å². The molecule has 0 fully saturated rings. The van der Waals surface area contributed by atoms with E-state index in [0.29, 0.717) is 0 Å². The van der Waals surface area contributed by atoms with E-state index in [1.54, 1.807) is 0 Å². The highest BCUT2D eigenvalue weighted by Crippen LogP contribution is 1.87. The molecule has 10 heavy (non-hydrogen) atoms. The summed E-state index contributed by atoms with van der Waals surface area (Å²) in [4.78, 5) is 0. The highest BCUT2D eigenvalue weighted by atomic mass is 16.5. The van der Waals surface area contributed by atoms with E-state index in [9.17, 15) is 0 Å². The molecule has 6 N–H and O–H groups in total. The van der Waals surface area contributed by atoms with Gasteiger partial charge in [-0.2, -0.15) is 0 Å². The zero-order valence-corrected chi connectivity index (χ0v) is 5.86. The lowest BCUT2D eigenvalue weighted by Gasteiger charge is -2.18. The Morgan fingerprint density at radius 1 is 1.40 bits per heavy atom. The van der Waals surface area contributed by atoms with Gasteiger partial charge in [0.05, 0.1) is 6.04 Å². The predicted molar refractivity (Wildman–Crippen MR) is 35.9 cm³/mol. The van der Waals surface area contributed by atoms with Gasteiger partial charge in [-0.1, -0.05) is 0 Å². The zero-order valence-electron chi connectivity index (χ0n) is 5.86. The van der Waals surface area contributed by atoms with E-state index in [2.05, 4.69) is 5.32 Å². The molecule has 2 atom stereocenters. The van der Waals surface area contributed by atoms with Gasteiger partial charge in [-0.05, 0) is 6.92 Å². The largest absolute Gasteiger partial charge is 0.377 e. The van der Waals surface area contributed by atoms with Crippen molar-refractivity contribution in [3.8, 4) is 0 Å². The molecule has 0 saturated heterocycles. The molecule has 0 aliphatic heterocycles. The number of aliphatic hydroxyl groups excluding tert-OH is 2. The Hall–Kier alpha value is -0.200. The number of hydrogen-bond donors (Lipinski definition) is 5. The first kappa shape index (κ1) is 9.80. The second-order valence-electron chi connectivity index (χ2n) is 2.12. The fraction of sp³-hybridized carbons (Fsp3) is 1.00. The Morgan fingerprint density at radius 2 is 1.90 bits per heavy atom. The van der Waals surface area contributed by atoms with Crippen molar-refractivity contribution in [3.63, 3.8) is 0 Å². The normalized spacial score (nSPS) is 17.4. The Labute approximate surface area is 59.5 Å². The molecule has 0 aromatic rings. The summed E-state index contributed by atoms with van der Waals surface area (Å²) in [7, 11) is 0. The molecule has 0 amide bonds. The third kappa shape index (κ3) is 3.76. The van der Waals surface area contributed by atoms with Gasteiger partial charge in [0, 0.05) is 6.54 Å². The fourth-order valence-corrected chi connectivity index (χ4v) is 0.458. The van der Waals surface area contributed by atoms with E-state index in [1.165, 1.54) is 6.92 Å². The molecular weight excluding hydrogens is 136 g/mol. The highest BCUT2D eigenvalue weighted by molar-refractivity contribution is 4.64. The summed E-state index contributed by atoms with van der Waals surface area (Å²) < 4.78 is 0. The van der Waals surface area contributed by atoms with Crippen molar-refractivity contribution in [1.82, 2.24) is 5.32 Å². The number of nitrogens with two attached hydrogens (primary N) is 1. The van der Waals surface area contributed by atoms with Crippen molar-refractivity contribution < 1.29 is 15.3 Å². The molecule has 5 heteroatoms. The second kappa shape index (κ2) is 4.59. The van der Waals surface area contributed by atoms with Gasteiger partial charge >= 0.3 is 0 Å². The van der Waals surface area contributed by atoms with Crippen molar-refractivity contribution in [2.75, 3.05) is 6.54 Å². The summed E-state index contributed by atoms with van der Waals surface area (Å²) in [5.41, 5.74) is 5.04. The molecular formula is C5H14N2O3. The zero-order chi connectivity index (χ0) is 8.15. The van der Waals surface area contributed by atoms with Crippen LogP contribution in [0.5, 0.6) is 0 Å². The van der Waals surface area contributed by atoms with Crippen LogP contribution in [0.2, 0.25) is 0 Å². The molecule has 0 aromatic heterocycles. The van der Waals surface area contributed by atoms with Crippen LogP contribution in [0.15, 0.2) is 0 Å². The van der Waals surface area contributed by atoms with Crippen LogP contribution in [0.4, 0.5) is 0 Å². The van der Waals surface area contributed by atoms with E-state index in [1.807, 2.05) is 0 Å². The van der Waals surface area contributed by atoms with Crippen molar-refractivity contribution in [1.29, 1.82) is 0 Å². The maximum absolute atomic E-state index is 8.82. The molecule has 0 bridgehead atoms. The van der Waals surface area contributed by atoms with Crippen LogP contribution in [-0.4, -0.2) is 40.4 Å². The van der Waals surface area contributed by atoms with Crippen LogP contribution in [0, 0.1) is 0 Å².